The van der Waals surface area contributed by atoms with Crippen molar-refractivity contribution in [2.75, 3.05) is 0 Å². The van der Waals surface area contributed by atoms with Crippen molar-refractivity contribution in [2.24, 2.45) is 0 Å². The van der Waals surface area contributed by atoms with E-state index in [9.17, 15) is 4.79 Å². The van der Waals surface area contributed by atoms with Crippen molar-refractivity contribution in [1.29, 1.82) is 0 Å². The maximum Gasteiger partial charge on any atom is 0.335 e. The molecule has 2 aromatic rings. The maximum atomic E-state index is 11.2. The number of carbonyl (C=O) groups is 1. The van der Waals surface area contributed by atoms with Gasteiger partial charge in [0.05, 0.1) is 5.56 Å². The predicted molar refractivity (Wildman–Crippen MR) is 90.5 cm³/mol. The van der Waals surface area contributed by atoms with Crippen LogP contribution in [0.2, 0.25) is 5.02 Å². The summed E-state index contributed by atoms with van der Waals surface area (Å²) in [6.45, 7) is 2.14. The van der Waals surface area contributed by atoms with Crippen molar-refractivity contribution < 1.29 is 14.6 Å². The van der Waals surface area contributed by atoms with Crippen LogP contribution < -0.4 is 4.74 Å². The molecule has 4 heteroatoms. The molecule has 1 heterocycles. The molecular weight excluding hydrogens is 312 g/mol. The van der Waals surface area contributed by atoms with E-state index >= 15 is 0 Å². The van der Waals surface area contributed by atoms with Gasteiger partial charge in [-0.05, 0) is 47.9 Å². The fraction of sp³-hybridized carbons (Fsp3) is 0.316. The van der Waals surface area contributed by atoms with Crippen molar-refractivity contribution in [3.63, 3.8) is 0 Å². The number of ether oxygens (including phenoxy) is 1. The Kier molecular flexibility index (Phi) is 4.31. The number of rotatable bonds is 5. The summed E-state index contributed by atoms with van der Waals surface area (Å²) in [5.74, 6) is -0.101. The molecule has 3 rings (SSSR count). The summed E-state index contributed by atoms with van der Waals surface area (Å²) in [4.78, 5) is 11.2. The number of aromatic carboxylic acids is 1. The quantitative estimate of drug-likeness (QED) is 0.860. The van der Waals surface area contributed by atoms with E-state index in [0.29, 0.717) is 5.56 Å². The Morgan fingerprint density at radius 1 is 1.26 bits per heavy atom. The van der Waals surface area contributed by atoms with Crippen LogP contribution in [0.4, 0.5) is 0 Å². The lowest BCUT2D eigenvalue weighted by Gasteiger charge is -2.29. The lowest BCUT2D eigenvalue weighted by molar-refractivity contribution is 0.0696. The van der Waals surface area contributed by atoms with Gasteiger partial charge in [0, 0.05) is 17.9 Å². The smallest absolute Gasteiger partial charge is 0.335 e. The Morgan fingerprint density at radius 3 is 2.65 bits per heavy atom. The molecular formula is C19H19ClO3. The van der Waals surface area contributed by atoms with Crippen molar-refractivity contribution >= 4 is 17.6 Å². The molecule has 1 unspecified atom stereocenters. The van der Waals surface area contributed by atoms with Gasteiger partial charge in [0.1, 0.15) is 11.4 Å². The zero-order chi connectivity index (χ0) is 16.4. The Hall–Kier alpha value is -2.00. The highest BCUT2D eigenvalue weighted by molar-refractivity contribution is 6.30. The van der Waals surface area contributed by atoms with Gasteiger partial charge in [0.15, 0.2) is 0 Å². The summed E-state index contributed by atoms with van der Waals surface area (Å²) in [5.41, 5.74) is 2.16. The highest BCUT2D eigenvalue weighted by Gasteiger charge is 2.39. The average molecular weight is 331 g/mol. The molecule has 1 atom stereocenters. The third-order valence-corrected chi connectivity index (χ3v) is 4.54. The normalized spacial score (nSPS) is 19.2. The first-order valence-corrected chi connectivity index (χ1v) is 8.19. The second kappa shape index (κ2) is 6.25. The monoisotopic (exact) mass is 330 g/mol. The second-order valence-corrected chi connectivity index (χ2v) is 6.58. The minimum atomic E-state index is -0.904. The molecule has 1 aliphatic rings. The summed E-state index contributed by atoms with van der Waals surface area (Å²) in [6, 6.07) is 12.9. The van der Waals surface area contributed by atoms with Gasteiger partial charge >= 0.3 is 5.97 Å². The van der Waals surface area contributed by atoms with E-state index in [1.165, 1.54) is 5.56 Å². The molecule has 23 heavy (non-hydrogen) atoms. The highest BCUT2D eigenvalue weighted by atomic mass is 35.5. The number of halogens is 1. The number of hydrogen-bond acceptors (Lipinski definition) is 2. The standard InChI is InChI=1S/C19H19ClO3/c1-2-9-19(11-13-3-6-16(20)7-4-13)12-15-10-14(18(21)22)5-8-17(15)23-19/h3-8,10H,2,9,11-12H2,1H3,(H,21,22). The Morgan fingerprint density at radius 2 is 2.00 bits per heavy atom. The SMILES string of the molecule is CCCC1(Cc2ccc(Cl)cc2)Cc2cc(C(=O)O)ccc2O1. The number of carboxylic acids is 1. The molecule has 0 saturated heterocycles. The number of hydrogen-bond donors (Lipinski definition) is 1. The average Bonchev–Trinajstić information content (AvgIpc) is 2.86. The zero-order valence-corrected chi connectivity index (χ0v) is 13.8. The number of carboxylic acid groups (broad SMARTS) is 1. The van der Waals surface area contributed by atoms with Crippen LogP contribution in [-0.2, 0) is 12.8 Å². The summed E-state index contributed by atoms with van der Waals surface area (Å²) >= 11 is 5.96. The zero-order valence-electron chi connectivity index (χ0n) is 13.0. The molecule has 1 N–H and O–H groups in total. The topological polar surface area (TPSA) is 46.5 Å². The Labute approximate surface area is 140 Å². The van der Waals surface area contributed by atoms with Crippen LogP contribution in [0.3, 0.4) is 0 Å². The summed E-state index contributed by atoms with van der Waals surface area (Å²) in [7, 11) is 0. The van der Waals surface area contributed by atoms with E-state index in [1.54, 1.807) is 18.2 Å². The van der Waals surface area contributed by atoms with E-state index in [0.717, 1.165) is 42.0 Å². The first-order chi connectivity index (χ1) is 11.0. The third-order valence-electron chi connectivity index (χ3n) is 4.29. The van der Waals surface area contributed by atoms with Gasteiger partial charge in [-0.15, -0.1) is 0 Å². The molecule has 0 amide bonds. The molecule has 0 fully saturated rings. The molecule has 3 nitrogen and oxygen atoms in total. The van der Waals surface area contributed by atoms with Crippen molar-refractivity contribution in [1.82, 2.24) is 0 Å². The molecule has 120 valence electrons. The summed E-state index contributed by atoms with van der Waals surface area (Å²) in [5, 5.41) is 9.88. The van der Waals surface area contributed by atoms with Gasteiger partial charge < -0.3 is 9.84 Å². The van der Waals surface area contributed by atoms with Crippen LogP contribution in [0.5, 0.6) is 5.75 Å². The minimum absolute atomic E-state index is 0.304. The van der Waals surface area contributed by atoms with Crippen molar-refractivity contribution in [2.45, 2.75) is 38.2 Å². The van der Waals surface area contributed by atoms with Gasteiger partial charge in [-0.25, -0.2) is 4.79 Å². The van der Waals surface area contributed by atoms with E-state index in [1.807, 2.05) is 24.3 Å². The number of benzene rings is 2. The molecule has 0 bridgehead atoms. The van der Waals surface area contributed by atoms with E-state index in [2.05, 4.69) is 6.92 Å². The molecule has 2 aromatic carbocycles. The molecule has 0 aromatic heterocycles. The van der Waals surface area contributed by atoms with Gasteiger partial charge in [-0.1, -0.05) is 37.1 Å². The van der Waals surface area contributed by atoms with Crippen LogP contribution in [0.25, 0.3) is 0 Å². The fourth-order valence-corrected chi connectivity index (χ4v) is 3.45. The Bertz CT molecular complexity index is 724. The first-order valence-electron chi connectivity index (χ1n) is 7.81. The van der Waals surface area contributed by atoms with Crippen LogP contribution in [0.15, 0.2) is 42.5 Å². The van der Waals surface area contributed by atoms with Crippen LogP contribution in [0.1, 0.15) is 41.3 Å². The number of fused-ring (bicyclic) bond motifs is 1. The highest BCUT2D eigenvalue weighted by Crippen LogP contribution is 2.40. The van der Waals surface area contributed by atoms with Crippen molar-refractivity contribution in [3.05, 3.63) is 64.2 Å². The third kappa shape index (κ3) is 3.35. The Balaban J connectivity index is 1.88. The van der Waals surface area contributed by atoms with Crippen molar-refractivity contribution in [3.8, 4) is 5.75 Å². The summed E-state index contributed by atoms with van der Waals surface area (Å²) in [6.07, 6.45) is 3.45. The van der Waals surface area contributed by atoms with Crippen LogP contribution >= 0.6 is 11.6 Å². The first kappa shape index (κ1) is 15.9. The molecule has 1 aliphatic heterocycles. The van der Waals surface area contributed by atoms with E-state index < -0.39 is 5.97 Å². The largest absolute Gasteiger partial charge is 0.486 e. The van der Waals surface area contributed by atoms with Gasteiger partial charge in [0.2, 0.25) is 0 Å². The lowest BCUT2D eigenvalue weighted by Crippen LogP contribution is -2.36. The van der Waals surface area contributed by atoms with Gasteiger partial charge in [0.25, 0.3) is 0 Å². The lowest BCUT2D eigenvalue weighted by atomic mass is 9.86. The second-order valence-electron chi connectivity index (χ2n) is 6.14. The van der Waals surface area contributed by atoms with Crippen LogP contribution in [0, 0.1) is 0 Å². The fourth-order valence-electron chi connectivity index (χ4n) is 3.32. The predicted octanol–water partition coefficient (Wildman–Crippen LogP) is 4.75. The van der Waals surface area contributed by atoms with Gasteiger partial charge in [-0.2, -0.15) is 0 Å². The molecule has 0 spiro atoms. The molecule has 0 radical (unpaired) electrons. The van der Waals surface area contributed by atoms with Gasteiger partial charge in [-0.3, -0.25) is 0 Å². The molecule has 0 aliphatic carbocycles. The van der Waals surface area contributed by atoms with Crippen LogP contribution in [-0.4, -0.2) is 16.7 Å². The minimum Gasteiger partial charge on any atom is -0.486 e. The van der Waals surface area contributed by atoms with E-state index in [-0.39, 0.29) is 5.60 Å². The molecule has 0 saturated carbocycles. The maximum absolute atomic E-state index is 11.2. The van der Waals surface area contributed by atoms with E-state index in [4.69, 9.17) is 21.4 Å². The summed E-state index contributed by atoms with van der Waals surface area (Å²) < 4.78 is 6.28.